The Labute approximate surface area is 152 Å². The number of carbonyl (C=O) groups excluding carboxylic acids is 1. The number of nitrogens with zero attached hydrogens (tertiary/aromatic N) is 1. The molecule has 1 atom stereocenters. The van der Waals surface area contributed by atoms with E-state index in [1.807, 2.05) is 0 Å². The van der Waals surface area contributed by atoms with Gasteiger partial charge in [-0.05, 0) is 17.7 Å². The van der Waals surface area contributed by atoms with Gasteiger partial charge in [-0.15, -0.1) is 0 Å². The van der Waals surface area contributed by atoms with Crippen molar-refractivity contribution in [3.05, 3.63) is 57.5 Å². The summed E-state index contributed by atoms with van der Waals surface area (Å²) in [5.74, 6) is -2.41. The van der Waals surface area contributed by atoms with Crippen LogP contribution in [0.1, 0.15) is 27.9 Å². The van der Waals surface area contributed by atoms with Crippen LogP contribution >= 0.6 is 0 Å². The van der Waals surface area contributed by atoms with Crippen molar-refractivity contribution < 1.29 is 28.9 Å². The Morgan fingerprint density at radius 3 is 2.59 bits per heavy atom. The summed E-state index contributed by atoms with van der Waals surface area (Å²) in [6.07, 6.45) is -1.39. The molecule has 0 fully saturated rings. The fraction of sp³-hybridized carbons (Fsp3) is 0.250. The summed E-state index contributed by atoms with van der Waals surface area (Å²) in [6, 6.07) is 4.28. The van der Waals surface area contributed by atoms with Gasteiger partial charge in [0, 0.05) is 13.7 Å². The molecule has 0 aliphatic carbocycles. The van der Waals surface area contributed by atoms with Crippen LogP contribution in [0, 0.1) is 5.82 Å². The largest absolute Gasteiger partial charge is 0.501 e. The lowest BCUT2D eigenvalue weighted by atomic mass is 10.2. The van der Waals surface area contributed by atoms with E-state index in [0.717, 1.165) is 0 Å². The van der Waals surface area contributed by atoms with E-state index in [9.17, 15) is 23.9 Å². The van der Waals surface area contributed by atoms with Gasteiger partial charge in [0.1, 0.15) is 17.7 Å². The average molecular weight is 380 g/mol. The Kier molecular flexibility index (Phi) is 6.44. The highest BCUT2D eigenvalue weighted by molar-refractivity contribution is 5.94. The third kappa shape index (κ3) is 5.25. The first-order chi connectivity index (χ1) is 12.8. The number of aromatic hydroxyl groups is 1. The van der Waals surface area contributed by atoms with E-state index in [4.69, 9.17) is 9.84 Å². The topological polar surface area (TPSA) is 154 Å². The highest BCUT2D eigenvalue weighted by Gasteiger charge is 2.23. The maximum absolute atomic E-state index is 12.9. The van der Waals surface area contributed by atoms with Crippen LogP contribution in [-0.2, 0) is 11.3 Å². The van der Waals surface area contributed by atoms with Crippen molar-refractivity contribution in [1.82, 2.24) is 20.6 Å². The summed E-state index contributed by atoms with van der Waals surface area (Å²) in [6.45, 7) is -0.173. The molecule has 0 bridgehead atoms. The Bertz CT molecular complexity index is 883. The molecule has 10 nitrogen and oxygen atoms in total. The number of ether oxygens (including phenoxy) is 1. The monoisotopic (exact) mass is 380 g/mol. The number of carboxylic acid groups (broad SMARTS) is 1. The number of aromatic nitrogens is 2. The molecule has 27 heavy (non-hydrogen) atoms. The van der Waals surface area contributed by atoms with Crippen LogP contribution in [0.25, 0.3) is 0 Å². The minimum Gasteiger partial charge on any atom is -0.501 e. The zero-order valence-electron chi connectivity index (χ0n) is 14.2. The number of aromatic amines is 1. The second-order valence-corrected chi connectivity index (χ2v) is 5.41. The lowest BCUT2D eigenvalue weighted by Gasteiger charge is -2.16. The fourth-order valence-corrected chi connectivity index (χ4v) is 2.18. The molecular formula is C16H17FN4O6. The molecule has 0 saturated carbocycles. The maximum atomic E-state index is 12.9. The lowest BCUT2D eigenvalue weighted by Crippen LogP contribution is -2.34. The maximum Gasteiger partial charge on any atom is 0.405 e. The lowest BCUT2D eigenvalue weighted by molar-refractivity contribution is 0.0941. The highest BCUT2D eigenvalue weighted by Crippen LogP contribution is 2.13. The van der Waals surface area contributed by atoms with Crippen LogP contribution in [-0.4, -0.2) is 45.9 Å². The van der Waals surface area contributed by atoms with Gasteiger partial charge < -0.3 is 30.6 Å². The van der Waals surface area contributed by atoms with E-state index in [2.05, 4.69) is 20.6 Å². The molecule has 11 heteroatoms. The van der Waals surface area contributed by atoms with Gasteiger partial charge in [0.05, 0.1) is 6.61 Å². The van der Waals surface area contributed by atoms with Gasteiger partial charge in [-0.3, -0.25) is 9.59 Å². The van der Waals surface area contributed by atoms with Crippen LogP contribution in [0.4, 0.5) is 9.18 Å². The second-order valence-electron chi connectivity index (χ2n) is 5.41. The zero-order chi connectivity index (χ0) is 20.0. The van der Waals surface area contributed by atoms with E-state index in [0.29, 0.717) is 5.56 Å². The van der Waals surface area contributed by atoms with Crippen molar-refractivity contribution in [3.63, 3.8) is 0 Å². The zero-order valence-corrected chi connectivity index (χ0v) is 14.2. The average Bonchev–Trinajstić information content (AvgIpc) is 2.62. The van der Waals surface area contributed by atoms with Crippen molar-refractivity contribution in [1.29, 1.82) is 0 Å². The summed E-state index contributed by atoms with van der Waals surface area (Å²) >= 11 is 0. The van der Waals surface area contributed by atoms with Crippen LogP contribution in [0.3, 0.4) is 0 Å². The summed E-state index contributed by atoms with van der Waals surface area (Å²) in [5.41, 5.74) is -1.01. The van der Waals surface area contributed by atoms with Crippen LogP contribution < -0.4 is 16.2 Å². The van der Waals surface area contributed by atoms with Gasteiger partial charge in [0.15, 0.2) is 5.69 Å². The molecule has 144 valence electrons. The molecule has 2 aromatic rings. The minimum absolute atomic E-state index is 0.00274. The third-order valence-electron chi connectivity index (χ3n) is 3.46. The van der Waals surface area contributed by atoms with E-state index < -0.39 is 40.9 Å². The molecule has 1 aromatic carbocycles. The molecule has 0 aliphatic heterocycles. The van der Waals surface area contributed by atoms with E-state index in [-0.39, 0.29) is 19.0 Å². The van der Waals surface area contributed by atoms with Crippen molar-refractivity contribution in [2.24, 2.45) is 0 Å². The van der Waals surface area contributed by atoms with Gasteiger partial charge in [-0.25, -0.2) is 14.2 Å². The molecule has 0 aliphatic rings. The Hall–Kier alpha value is -3.47. The molecule has 1 aromatic heterocycles. The van der Waals surface area contributed by atoms with Crippen LogP contribution in [0.5, 0.6) is 5.75 Å². The third-order valence-corrected chi connectivity index (χ3v) is 3.46. The summed E-state index contributed by atoms with van der Waals surface area (Å²) in [4.78, 5) is 41.1. The van der Waals surface area contributed by atoms with Gasteiger partial charge in [0.25, 0.3) is 11.5 Å². The number of rotatable bonds is 7. The molecule has 0 saturated heterocycles. The number of methoxy groups -OCH3 is 1. The number of carbonyl (C=O) groups is 2. The highest BCUT2D eigenvalue weighted by atomic mass is 19.1. The van der Waals surface area contributed by atoms with Crippen LogP contribution in [0.15, 0.2) is 29.1 Å². The molecule has 0 spiro atoms. The number of benzene rings is 1. The van der Waals surface area contributed by atoms with Crippen molar-refractivity contribution in [2.75, 3.05) is 13.7 Å². The first-order valence-corrected chi connectivity index (χ1v) is 7.66. The number of nitrogens with one attached hydrogen (secondary N) is 3. The molecule has 1 heterocycles. The number of hydrogen-bond acceptors (Lipinski definition) is 6. The Balaban J connectivity index is 2.25. The Morgan fingerprint density at radius 2 is 2.00 bits per heavy atom. The van der Waals surface area contributed by atoms with E-state index >= 15 is 0 Å². The smallest absolute Gasteiger partial charge is 0.405 e. The predicted molar refractivity (Wildman–Crippen MR) is 89.9 cm³/mol. The second kappa shape index (κ2) is 8.76. The minimum atomic E-state index is -1.39. The summed E-state index contributed by atoms with van der Waals surface area (Å²) in [5, 5.41) is 23.2. The van der Waals surface area contributed by atoms with E-state index in [1.54, 1.807) is 0 Å². The summed E-state index contributed by atoms with van der Waals surface area (Å²) in [7, 11) is 1.31. The van der Waals surface area contributed by atoms with E-state index in [1.165, 1.54) is 31.4 Å². The predicted octanol–water partition coefficient (Wildman–Crippen LogP) is 0.500. The van der Waals surface area contributed by atoms with Crippen molar-refractivity contribution in [2.45, 2.75) is 12.6 Å². The molecule has 2 amide bonds. The number of amides is 2. The van der Waals surface area contributed by atoms with Crippen LogP contribution in [0.2, 0.25) is 0 Å². The quantitative estimate of drug-likeness (QED) is 0.469. The molecule has 5 N–H and O–H groups in total. The Morgan fingerprint density at radius 1 is 1.33 bits per heavy atom. The van der Waals surface area contributed by atoms with Crippen molar-refractivity contribution in [3.8, 4) is 5.75 Å². The first kappa shape index (κ1) is 19.8. The van der Waals surface area contributed by atoms with Gasteiger partial charge >= 0.3 is 6.09 Å². The number of H-pyrrole nitrogens is 1. The van der Waals surface area contributed by atoms with Gasteiger partial charge in [0.2, 0.25) is 5.75 Å². The van der Waals surface area contributed by atoms with Gasteiger partial charge in [-0.2, -0.15) is 0 Å². The normalized spacial score (nSPS) is 11.6. The fourth-order valence-electron chi connectivity index (χ4n) is 2.18. The molecule has 2 rings (SSSR count). The standard InChI is InChI=1S/C16H17FN4O6/c1-27-7-10(19-16(25)26)13-20-11(12(22)15(24)21-13)14(23)18-6-8-2-4-9(17)5-3-8/h2-5,10,19,22H,6-7H2,1H3,(H,18,23)(H,25,26)(H,20,21,24). The van der Waals surface area contributed by atoms with Gasteiger partial charge in [-0.1, -0.05) is 12.1 Å². The molecular weight excluding hydrogens is 363 g/mol. The summed E-state index contributed by atoms with van der Waals surface area (Å²) < 4.78 is 17.8. The SMILES string of the molecule is COCC(NC(=O)O)c1nc(C(=O)NCc2ccc(F)cc2)c(O)c(=O)[nH]1. The van der Waals surface area contributed by atoms with Crippen molar-refractivity contribution >= 4 is 12.0 Å². The number of hydrogen-bond donors (Lipinski definition) is 5. The number of halogens is 1. The first-order valence-electron chi connectivity index (χ1n) is 7.66. The molecule has 0 radical (unpaired) electrons. The molecule has 1 unspecified atom stereocenters.